The Morgan fingerprint density at radius 2 is 1.55 bits per heavy atom. The lowest BCUT2D eigenvalue weighted by molar-refractivity contribution is -0.132. The molecule has 1 aliphatic rings. The molecule has 1 N–H and O–H groups in total. The molecule has 6 rings (SSSR count). The van der Waals surface area contributed by atoms with Gasteiger partial charge in [-0.25, -0.2) is 4.98 Å². The number of amides is 2. The van der Waals surface area contributed by atoms with Crippen LogP contribution in [0.1, 0.15) is 46.4 Å². The van der Waals surface area contributed by atoms with Crippen LogP contribution in [0.5, 0.6) is 5.75 Å². The molecule has 0 bridgehead atoms. The Morgan fingerprint density at radius 3 is 2.31 bits per heavy atom. The third-order valence-corrected chi connectivity index (χ3v) is 7.82. The molecule has 0 unspecified atom stereocenters. The molecule has 210 valence electrons. The van der Waals surface area contributed by atoms with Crippen molar-refractivity contribution in [1.29, 1.82) is 0 Å². The third-order valence-electron chi connectivity index (χ3n) is 7.82. The number of hydrogen-bond acceptors (Lipinski definition) is 4. The number of pyridine rings is 1. The average Bonchev–Trinajstić information content (AvgIpc) is 3.04. The van der Waals surface area contributed by atoms with E-state index in [9.17, 15) is 9.59 Å². The van der Waals surface area contributed by atoms with Gasteiger partial charge in [-0.15, -0.1) is 0 Å². The van der Waals surface area contributed by atoms with Gasteiger partial charge in [0, 0.05) is 17.5 Å². The summed E-state index contributed by atoms with van der Waals surface area (Å²) in [5.41, 5.74) is 5.89. The number of fused-ring (bicyclic) bond motifs is 2. The predicted molar refractivity (Wildman–Crippen MR) is 165 cm³/mol. The van der Waals surface area contributed by atoms with Gasteiger partial charge in [0.1, 0.15) is 12.3 Å². The quantitative estimate of drug-likeness (QED) is 0.219. The van der Waals surface area contributed by atoms with Gasteiger partial charge in [0.2, 0.25) is 5.91 Å². The highest BCUT2D eigenvalue weighted by Gasteiger charge is 2.26. The number of carbonyl (C=O) groups excluding carboxylic acids is 2. The van der Waals surface area contributed by atoms with Crippen LogP contribution in [-0.4, -0.2) is 34.8 Å². The lowest BCUT2D eigenvalue weighted by atomic mass is 9.99. The summed E-state index contributed by atoms with van der Waals surface area (Å²) in [5, 5.41) is 3.98. The van der Waals surface area contributed by atoms with Crippen molar-refractivity contribution >= 4 is 22.7 Å². The zero-order valence-electron chi connectivity index (χ0n) is 23.6. The summed E-state index contributed by atoms with van der Waals surface area (Å²) < 4.78 is 6.49. The highest BCUT2D eigenvalue weighted by Crippen LogP contribution is 2.37. The Balaban J connectivity index is 1.37. The van der Waals surface area contributed by atoms with E-state index in [1.54, 1.807) is 0 Å². The molecule has 0 radical (unpaired) electrons. The molecule has 0 aliphatic carbocycles. The fourth-order valence-electron chi connectivity index (χ4n) is 5.60. The normalized spacial score (nSPS) is 13.5. The lowest BCUT2D eigenvalue weighted by Crippen LogP contribution is -2.38. The van der Waals surface area contributed by atoms with Gasteiger partial charge in [0.25, 0.3) is 5.91 Å². The fourth-order valence-corrected chi connectivity index (χ4v) is 5.60. The Morgan fingerprint density at radius 1 is 0.881 bits per heavy atom. The largest absolute Gasteiger partial charge is 0.489 e. The second kappa shape index (κ2) is 12.3. The van der Waals surface area contributed by atoms with Crippen LogP contribution in [0.25, 0.3) is 22.2 Å². The van der Waals surface area contributed by atoms with Crippen LogP contribution >= 0.6 is 0 Å². The molecule has 0 fully saturated rings. The van der Waals surface area contributed by atoms with E-state index in [1.807, 2.05) is 108 Å². The number of para-hydroxylation sites is 1. The van der Waals surface area contributed by atoms with Crippen LogP contribution in [0.4, 0.5) is 0 Å². The predicted octanol–water partition coefficient (Wildman–Crippen LogP) is 6.75. The number of rotatable bonds is 9. The lowest BCUT2D eigenvalue weighted by Gasteiger charge is -2.29. The van der Waals surface area contributed by atoms with Crippen molar-refractivity contribution in [2.24, 2.45) is 0 Å². The van der Waals surface area contributed by atoms with Crippen LogP contribution in [0.15, 0.2) is 109 Å². The van der Waals surface area contributed by atoms with E-state index in [0.717, 1.165) is 34.1 Å². The van der Waals surface area contributed by atoms with Crippen molar-refractivity contribution < 1.29 is 14.3 Å². The smallest absolute Gasteiger partial charge is 0.256 e. The van der Waals surface area contributed by atoms with Crippen LogP contribution in [0.3, 0.4) is 0 Å². The molecule has 0 saturated heterocycles. The SMILES string of the molecule is CC[C@H](NC(=O)c1c(OCCN2Cc3ccccc3CC2=O)c(-c2ccccc2)nc2ccccc12)c1ccccc1. The Hall–Kier alpha value is -4.97. The highest BCUT2D eigenvalue weighted by molar-refractivity contribution is 6.10. The van der Waals surface area contributed by atoms with E-state index in [4.69, 9.17) is 9.72 Å². The molecule has 2 amide bonds. The van der Waals surface area contributed by atoms with Crippen molar-refractivity contribution in [2.45, 2.75) is 32.4 Å². The summed E-state index contributed by atoms with van der Waals surface area (Å²) >= 11 is 0. The summed E-state index contributed by atoms with van der Waals surface area (Å²) in [6.45, 7) is 3.23. The number of ether oxygens (including phenoxy) is 1. The van der Waals surface area contributed by atoms with E-state index >= 15 is 0 Å². The van der Waals surface area contributed by atoms with Crippen LogP contribution in [0.2, 0.25) is 0 Å². The van der Waals surface area contributed by atoms with Crippen molar-refractivity contribution in [3.05, 3.63) is 131 Å². The summed E-state index contributed by atoms with van der Waals surface area (Å²) in [6.07, 6.45) is 1.12. The van der Waals surface area contributed by atoms with Gasteiger partial charge in [-0.2, -0.15) is 0 Å². The van der Waals surface area contributed by atoms with E-state index in [2.05, 4.69) is 18.3 Å². The molecule has 2 heterocycles. The van der Waals surface area contributed by atoms with Gasteiger partial charge in [0.15, 0.2) is 5.75 Å². The molecule has 1 aromatic heterocycles. The molecule has 1 aliphatic heterocycles. The Kier molecular flexibility index (Phi) is 7.95. The van der Waals surface area contributed by atoms with Crippen molar-refractivity contribution in [1.82, 2.24) is 15.2 Å². The maximum Gasteiger partial charge on any atom is 0.256 e. The number of aromatic nitrogens is 1. The van der Waals surface area contributed by atoms with Gasteiger partial charge in [-0.05, 0) is 29.2 Å². The van der Waals surface area contributed by atoms with Crippen molar-refractivity contribution in [3.8, 4) is 17.0 Å². The first-order chi connectivity index (χ1) is 20.6. The third kappa shape index (κ3) is 5.61. The zero-order valence-corrected chi connectivity index (χ0v) is 23.6. The minimum Gasteiger partial charge on any atom is -0.489 e. The van der Waals surface area contributed by atoms with E-state index in [0.29, 0.717) is 42.0 Å². The number of hydrogen-bond donors (Lipinski definition) is 1. The molecular formula is C36H33N3O3. The summed E-state index contributed by atoms with van der Waals surface area (Å²) in [6, 6.07) is 35.3. The molecule has 4 aromatic carbocycles. The second-order valence-electron chi connectivity index (χ2n) is 10.5. The molecule has 5 aromatic rings. The van der Waals surface area contributed by atoms with Crippen molar-refractivity contribution in [2.75, 3.05) is 13.2 Å². The molecule has 1 atom stereocenters. The monoisotopic (exact) mass is 555 g/mol. The minimum atomic E-state index is -0.223. The average molecular weight is 556 g/mol. The zero-order chi connectivity index (χ0) is 28.9. The first kappa shape index (κ1) is 27.2. The maximum atomic E-state index is 14.2. The minimum absolute atomic E-state index is 0.0730. The summed E-state index contributed by atoms with van der Waals surface area (Å²) in [7, 11) is 0. The topological polar surface area (TPSA) is 71.5 Å². The van der Waals surface area contributed by atoms with Crippen molar-refractivity contribution in [3.63, 3.8) is 0 Å². The molecule has 6 nitrogen and oxygen atoms in total. The van der Waals surface area contributed by atoms with Gasteiger partial charge < -0.3 is 15.0 Å². The molecule has 0 saturated carbocycles. The van der Waals surface area contributed by atoms with Gasteiger partial charge >= 0.3 is 0 Å². The molecule has 6 heteroatoms. The maximum absolute atomic E-state index is 14.2. The van der Waals surface area contributed by atoms with E-state index < -0.39 is 0 Å². The van der Waals surface area contributed by atoms with Gasteiger partial charge in [0.05, 0.1) is 30.1 Å². The van der Waals surface area contributed by atoms with Gasteiger partial charge in [-0.3, -0.25) is 9.59 Å². The fraction of sp³-hybridized carbons (Fsp3) is 0.194. The molecule has 0 spiro atoms. The van der Waals surface area contributed by atoms with Gasteiger partial charge in [-0.1, -0.05) is 110 Å². The summed E-state index contributed by atoms with van der Waals surface area (Å²) in [4.78, 5) is 33.9. The standard InChI is InChI=1S/C36H33N3O3/c1-2-30(25-13-5-3-6-14-25)38-36(41)33-29-19-11-12-20-31(29)37-34(26-15-7-4-8-16-26)35(33)42-22-21-39-24-28-18-10-9-17-27(28)23-32(39)40/h3-20,30H,2,21-24H2,1H3,(H,38,41)/t30-/m0/s1. The number of benzene rings is 4. The Bertz CT molecular complexity index is 1720. The van der Waals surface area contributed by atoms with Crippen LogP contribution < -0.4 is 10.1 Å². The van der Waals surface area contributed by atoms with E-state index in [-0.39, 0.29) is 24.5 Å². The van der Waals surface area contributed by atoms with E-state index in [1.165, 1.54) is 0 Å². The highest BCUT2D eigenvalue weighted by atomic mass is 16.5. The number of carbonyl (C=O) groups is 2. The number of nitrogens with one attached hydrogen (secondary N) is 1. The second-order valence-corrected chi connectivity index (χ2v) is 10.5. The molecular weight excluding hydrogens is 522 g/mol. The summed E-state index contributed by atoms with van der Waals surface area (Å²) in [5.74, 6) is 0.272. The first-order valence-corrected chi connectivity index (χ1v) is 14.4. The Labute approximate surface area is 246 Å². The number of nitrogens with zero attached hydrogens (tertiary/aromatic N) is 2. The molecule has 42 heavy (non-hydrogen) atoms. The van der Waals surface area contributed by atoms with Crippen LogP contribution in [-0.2, 0) is 17.8 Å². The van der Waals surface area contributed by atoms with Crippen LogP contribution in [0, 0.1) is 0 Å². The first-order valence-electron chi connectivity index (χ1n) is 14.4.